The van der Waals surface area contributed by atoms with Gasteiger partial charge in [0, 0.05) is 5.41 Å². The molecule has 166 valence electrons. The van der Waals surface area contributed by atoms with Crippen LogP contribution in [0.3, 0.4) is 0 Å². The molecule has 0 aromatic rings. The SMILES string of the molecule is CC(C)[C@@H]1CC[C@]2(C)C1=CC[C@]1(C)[C@H]3CC[C@](C)(O)[C@H](O)[C@@H](O)[C@]3(C)[C@@H](O)C[C@H]12. The van der Waals surface area contributed by atoms with Crippen LogP contribution >= 0.6 is 0 Å². The van der Waals surface area contributed by atoms with Gasteiger partial charge >= 0.3 is 0 Å². The lowest BCUT2D eigenvalue weighted by Crippen LogP contribution is -2.65. The largest absolute Gasteiger partial charge is 0.392 e. The molecule has 4 rings (SSSR count). The number of aliphatic hydroxyl groups is 4. The van der Waals surface area contributed by atoms with E-state index in [0.29, 0.717) is 37.0 Å². The number of allylic oxidation sites excluding steroid dienone is 2. The van der Waals surface area contributed by atoms with Crippen LogP contribution in [-0.4, -0.2) is 44.3 Å². The van der Waals surface area contributed by atoms with Crippen molar-refractivity contribution < 1.29 is 20.4 Å². The zero-order valence-electron chi connectivity index (χ0n) is 19.2. The van der Waals surface area contributed by atoms with Gasteiger partial charge in [-0.05, 0) is 80.0 Å². The van der Waals surface area contributed by atoms with Gasteiger partial charge in [0.1, 0.15) is 6.10 Å². The van der Waals surface area contributed by atoms with Gasteiger partial charge in [-0.2, -0.15) is 0 Å². The van der Waals surface area contributed by atoms with E-state index in [4.69, 9.17) is 0 Å². The summed E-state index contributed by atoms with van der Waals surface area (Å²) in [5, 5.41) is 44.2. The van der Waals surface area contributed by atoms with Gasteiger partial charge in [0.2, 0.25) is 0 Å². The molecule has 29 heavy (non-hydrogen) atoms. The molecule has 4 nitrogen and oxygen atoms in total. The van der Waals surface area contributed by atoms with Crippen LogP contribution in [0.15, 0.2) is 11.6 Å². The number of hydrogen-bond donors (Lipinski definition) is 4. The molecule has 4 N–H and O–H groups in total. The summed E-state index contributed by atoms with van der Waals surface area (Å²) in [5.41, 5.74) is -0.502. The van der Waals surface area contributed by atoms with Crippen LogP contribution in [0.5, 0.6) is 0 Å². The van der Waals surface area contributed by atoms with Crippen molar-refractivity contribution in [3.05, 3.63) is 11.6 Å². The van der Waals surface area contributed by atoms with E-state index in [2.05, 4.69) is 33.8 Å². The lowest BCUT2D eigenvalue weighted by molar-refractivity contribution is -0.223. The fraction of sp³-hybridized carbons (Fsp3) is 0.920. The third kappa shape index (κ3) is 2.71. The molecule has 0 radical (unpaired) electrons. The van der Waals surface area contributed by atoms with Gasteiger partial charge in [-0.1, -0.05) is 46.3 Å². The first-order valence-corrected chi connectivity index (χ1v) is 11.8. The van der Waals surface area contributed by atoms with Crippen LogP contribution in [-0.2, 0) is 0 Å². The highest BCUT2D eigenvalue weighted by Crippen LogP contribution is 2.70. The Morgan fingerprint density at radius 3 is 2.21 bits per heavy atom. The van der Waals surface area contributed by atoms with Gasteiger partial charge in [0.05, 0.1) is 17.8 Å². The summed E-state index contributed by atoms with van der Waals surface area (Å²) in [5.74, 6) is 1.68. The molecule has 3 fully saturated rings. The van der Waals surface area contributed by atoms with Crippen molar-refractivity contribution in [3.63, 3.8) is 0 Å². The normalized spacial score (nSPS) is 57.6. The standard InChI is InChI=1S/C25H42O4/c1-14(2)15-7-10-22(3)16(15)8-11-23(4)17-9-12-24(5,29)20(27)21(28)25(17,6)19(26)13-18(22)23/h8,14-15,17-21,26-29H,7,9-13H2,1-6H3/t15-,17+,18-,19-,20+,21+,22+,23+,24-,25-/m0/s1. The molecule has 0 saturated heterocycles. The Hall–Kier alpha value is -0.420. The van der Waals surface area contributed by atoms with Gasteiger partial charge in [-0.15, -0.1) is 0 Å². The highest BCUT2D eigenvalue weighted by atomic mass is 16.4. The molecule has 3 saturated carbocycles. The highest BCUT2D eigenvalue weighted by Gasteiger charge is 2.68. The van der Waals surface area contributed by atoms with Gasteiger partial charge in [0.25, 0.3) is 0 Å². The summed E-state index contributed by atoms with van der Waals surface area (Å²) >= 11 is 0. The number of hydrogen-bond acceptors (Lipinski definition) is 4. The third-order valence-electron chi connectivity index (χ3n) is 10.4. The third-order valence-corrected chi connectivity index (χ3v) is 10.4. The van der Waals surface area contributed by atoms with E-state index >= 15 is 0 Å². The Kier molecular flexibility index (Phi) is 4.92. The van der Waals surface area contributed by atoms with Crippen molar-refractivity contribution in [2.24, 2.45) is 39.9 Å². The fourth-order valence-electron chi connectivity index (χ4n) is 8.47. The van der Waals surface area contributed by atoms with Crippen molar-refractivity contribution in [1.82, 2.24) is 0 Å². The van der Waals surface area contributed by atoms with Crippen LogP contribution in [0.2, 0.25) is 0 Å². The number of rotatable bonds is 1. The maximum atomic E-state index is 11.4. The van der Waals surface area contributed by atoms with E-state index in [9.17, 15) is 20.4 Å². The summed E-state index contributed by atoms with van der Waals surface area (Å²) in [7, 11) is 0. The minimum absolute atomic E-state index is 0.0510. The molecule has 4 aliphatic carbocycles. The van der Waals surface area contributed by atoms with Crippen molar-refractivity contribution in [2.75, 3.05) is 0 Å². The lowest BCUT2D eigenvalue weighted by atomic mass is 9.41. The summed E-state index contributed by atoms with van der Waals surface area (Å²) in [6.45, 7) is 13.0. The molecule has 0 heterocycles. The smallest absolute Gasteiger partial charge is 0.109 e. The second-order valence-electron chi connectivity index (χ2n) is 12.2. The van der Waals surface area contributed by atoms with Gasteiger partial charge in [-0.25, -0.2) is 0 Å². The van der Waals surface area contributed by atoms with Gasteiger partial charge in [0.15, 0.2) is 0 Å². The average molecular weight is 407 g/mol. The first-order valence-electron chi connectivity index (χ1n) is 11.8. The van der Waals surface area contributed by atoms with E-state index in [1.807, 2.05) is 6.92 Å². The average Bonchev–Trinajstić information content (AvgIpc) is 2.96. The van der Waals surface area contributed by atoms with E-state index in [1.165, 1.54) is 12.8 Å². The van der Waals surface area contributed by atoms with Gasteiger partial charge < -0.3 is 20.4 Å². The molecule has 10 atom stereocenters. The van der Waals surface area contributed by atoms with Crippen molar-refractivity contribution in [2.45, 2.75) is 104 Å². The Bertz CT molecular complexity index is 699. The Labute approximate surface area is 176 Å². The van der Waals surface area contributed by atoms with Crippen molar-refractivity contribution in [3.8, 4) is 0 Å². The van der Waals surface area contributed by atoms with E-state index in [-0.39, 0.29) is 16.7 Å². The van der Waals surface area contributed by atoms with Crippen molar-refractivity contribution >= 4 is 0 Å². The minimum Gasteiger partial charge on any atom is -0.392 e. The van der Waals surface area contributed by atoms with Crippen molar-refractivity contribution in [1.29, 1.82) is 0 Å². The molecule has 0 spiro atoms. The zero-order valence-corrected chi connectivity index (χ0v) is 19.2. The highest BCUT2D eigenvalue weighted by molar-refractivity contribution is 5.31. The summed E-state index contributed by atoms with van der Waals surface area (Å²) in [6, 6.07) is 0. The predicted octanol–water partition coefficient (Wildman–Crippen LogP) is 3.67. The minimum atomic E-state index is -1.33. The Morgan fingerprint density at radius 1 is 0.931 bits per heavy atom. The Morgan fingerprint density at radius 2 is 1.59 bits per heavy atom. The second-order valence-corrected chi connectivity index (χ2v) is 12.2. The molecule has 4 aliphatic rings. The quantitative estimate of drug-likeness (QED) is 0.501. The van der Waals surface area contributed by atoms with Crippen LogP contribution in [0.4, 0.5) is 0 Å². The summed E-state index contributed by atoms with van der Waals surface area (Å²) in [4.78, 5) is 0. The van der Waals surface area contributed by atoms with Crippen LogP contribution in [0.1, 0.15) is 80.1 Å². The first kappa shape index (κ1) is 21.8. The second kappa shape index (κ2) is 6.54. The maximum absolute atomic E-state index is 11.4. The molecule has 0 amide bonds. The predicted molar refractivity (Wildman–Crippen MR) is 114 cm³/mol. The molecule has 4 heteroatoms. The molecule has 0 unspecified atom stereocenters. The number of fused-ring (bicyclic) bond motifs is 5. The van der Waals surface area contributed by atoms with Gasteiger partial charge in [-0.3, -0.25) is 0 Å². The molecule has 0 aromatic carbocycles. The van der Waals surface area contributed by atoms with E-state index < -0.39 is 29.3 Å². The first-order chi connectivity index (χ1) is 13.3. The summed E-state index contributed by atoms with van der Waals surface area (Å²) in [6.07, 6.45) is 4.62. The topological polar surface area (TPSA) is 80.9 Å². The lowest BCUT2D eigenvalue weighted by Gasteiger charge is -2.64. The fourth-order valence-corrected chi connectivity index (χ4v) is 8.47. The number of aliphatic hydroxyl groups excluding tert-OH is 3. The monoisotopic (exact) mass is 406 g/mol. The van der Waals surface area contributed by atoms with E-state index in [0.717, 1.165) is 6.42 Å². The molecule has 0 bridgehead atoms. The van der Waals surface area contributed by atoms with Crippen LogP contribution in [0.25, 0.3) is 0 Å². The van der Waals surface area contributed by atoms with E-state index in [1.54, 1.807) is 12.5 Å². The molecule has 0 aliphatic heterocycles. The Balaban J connectivity index is 1.81. The molecule has 0 aromatic heterocycles. The van der Waals surface area contributed by atoms with Crippen LogP contribution < -0.4 is 0 Å². The zero-order chi connectivity index (χ0) is 21.6. The van der Waals surface area contributed by atoms with Crippen LogP contribution in [0, 0.1) is 39.9 Å². The maximum Gasteiger partial charge on any atom is 0.109 e. The molecular weight excluding hydrogens is 364 g/mol. The molecular formula is C25H42O4. The summed E-state index contributed by atoms with van der Waals surface area (Å²) < 4.78 is 0.